The summed E-state index contributed by atoms with van der Waals surface area (Å²) in [6.07, 6.45) is -5.31. The number of hydrogen-bond acceptors (Lipinski definition) is 2. The van der Waals surface area contributed by atoms with Crippen molar-refractivity contribution < 1.29 is 22.3 Å². The van der Waals surface area contributed by atoms with Gasteiger partial charge in [-0.2, -0.15) is 13.2 Å². The van der Waals surface area contributed by atoms with E-state index >= 15 is 0 Å². The molecule has 0 aromatic heterocycles. The second kappa shape index (κ2) is 6.58. The molecule has 1 aromatic carbocycles. The van der Waals surface area contributed by atoms with Crippen LogP contribution in [0, 0.1) is 5.82 Å². The number of alkyl halides is 3. The Morgan fingerprint density at radius 2 is 1.94 bits per heavy atom. The highest BCUT2D eigenvalue weighted by molar-refractivity contribution is 5.29. The molecule has 0 bridgehead atoms. The standard InChI is InChI=1S/C12H15F4NO/c1-2-17-8-9-5-10(13)7-11(6-9)18-4-3-12(14,15)16/h5-7,17H,2-4,8H2,1H3. The van der Waals surface area contributed by atoms with Crippen LogP contribution >= 0.6 is 0 Å². The van der Waals surface area contributed by atoms with Crippen molar-refractivity contribution in [3.63, 3.8) is 0 Å². The van der Waals surface area contributed by atoms with E-state index in [4.69, 9.17) is 4.74 Å². The van der Waals surface area contributed by atoms with Crippen LogP contribution < -0.4 is 10.1 Å². The number of nitrogens with one attached hydrogen (secondary N) is 1. The smallest absolute Gasteiger partial charge is 0.392 e. The van der Waals surface area contributed by atoms with Crippen molar-refractivity contribution in [3.8, 4) is 5.75 Å². The van der Waals surface area contributed by atoms with Gasteiger partial charge in [-0.15, -0.1) is 0 Å². The maximum atomic E-state index is 13.2. The van der Waals surface area contributed by atoms with Gasteiger partial charge in [-0.3, -0.25) is 0 Å². The number of rotatable bonds is 6. The maximum absolute atomic E-state index is 13.2. The van der Waals surface area contributed by atoms with Crippen LogP contribution in [0.25, 0.3) is 0 Å². The summed E-state index contributed by atoms with van der Waals surface area (Å²) in [5, 5.41) is 3.00. The molecule has 0 aliphatic carbocycles. The number of benzene rings is 1. The van der Waals surface area contributed by atoms with E-state index in [1.807, 2.05) is 6.92 Å². The molecule has 6 heteroatoms. The monoisotopic (exact) mass is 265 g/mol. The zero-order valence-electron chi connectivity index (χ0n) is 9.98. The van der Waals surface area contributed by atoms with Gasteiger partial charge >= 0.3 is 6.18 Å². The van der Waals surface area contributed by atoms with Gasteiger partial charge in [0.15, 0.2) is 0 Å². The average molecular weight is 265 g/mol. The summed E-state index contributed by atoms with van der Waals surface area (Å²) in [6.45, 7) is 2.57. The van der Waals surface area contributed by atoms with E-state index in [1.165, 1.54) is 12.1 Å². The van der Waals surface area contributed by atoms with Crippen LogP contribution in [0.15, 0.2) is 18.2 Å². The number of hydrogen-bond donors (Lipinski definition) is 1. The van der Waals surface area contributed by atoms with E-state index < -0.39 is 25.0 Å². The third kappa shape index (κ3) is 5.86. The van der Waals surface area contributed by atoms with Crippen LogP contribution in [-0.2, 0) is 6.54 Å². The molecular formula is C12H15F4NO. The molecule has 0 saturated carbocycles. The van der Waals surface area contributed by atoms with E-state index in [-0.39, 0.29) is 5.75 Å². The zero-order chi connectivity index (χ0) is 13.6. The minimum absolute atomic E-state index is 0.118. The Hall–Kier alpha value is -1.30. The fourth-order valence-electron chi connectivity index (χ4n) is 1.36. The lowest BCUT2D eigenvalue weighted by molar-refractivity contribution is -0.139. The van der Waals surface area contributed by atoms with Crippen molar-refractivity contribution in [2.24, 2.45) is 0 Å². The lowest BCUT2D eigenvalue weighted by atomic mass is 10.2. The molecular weight excluding hydrogens is 250 g/mol. The van der Waals surface area contributed by atoms with Crippen LogP contribution in [-0.4, -0.2) is 19.3 Å². The molecule has 1 aromatic rings. The van der Waals surface area contributed by atoms with Crippen molar-refractivity contribution in [3.05, 3.63) is 29.6 Å². The Balaban J connectivity index is 2.57. The predicted octanol–water partition coefficient (Wildman–Crippen LogP) is 3.27. The first-order chi connectivity index (χ1) is 8.40. The van der Waals surface area contributed by atoms with Gasteiger partial charge in [0, 0.05) is 12.6 Å². The molecule has 0 amide bonds. The Bertz CT molecular complexity index is 379. The van der Waals surface area contributed by atoms with Crippen LogP contribution in [0.4, 0.5) is 17.6 Å². The molecule has 0 atom stereocenters. The third-order valence-corrected chi connectivity index (χ3v) is 2.16. The van der Waals surface area contributed by atoms with Crippen LogP contribution in [0.5, 0.6) is 5.75 Å². The molecule has 1 N–H and O–H groups in total. The SMILES string of the molecule is CCNCc1cc(F)cc(OCCC(F)(F)F)c1. The predicted molar refractivity (Wildman–Crippen MR) is 59.9 cm³/mol. The van der Waals surface area contributed by atoms with Gasteiger partial charge in [-0.1, -0.05) is 6.92 Å². The molecule has 18 heavy (non-hydrogen) atoms. The molecule has 0 aliphatic rings. The minimum Gasteiger partial charge on any atom is -0.493 e. The van der Waals surface area contributed by atoms with Gasteiger partial charge in [-0.05, 0) is 24.2 Å². The van der Waals surface area contributed by atoms with Crippen molar-refractivity contribution >= 4 is 0 Å². The van der Waals surface area contributed by atoms with E-state index in [0.717, 1.165) is 12.6 Å². The van der Waals surface area contributed by atoms with E-state index in [1.54, 1.807) is 0 Å². The number of halogens is 4. The molecule has 0 unspecified atom stereocenters. The van der Waals surface area contributed by atoms with E-state index in [9.17, 15) is 17.6 Å². The summed E-state index contributed by atoms with van der Waals surface area (Å²) < 4.78 is 53.8. The van der Waals surface area contributed by atoms with Gasteiger partial charge in [-0.25, -0.2) is 4.39 Å². The molecule has 1 rings (SSSR count). The summed E-state index contributed by atoms with van der Waals surface area (Å²) in [6, 6.07) is 3.92. The summed E-state index contributed by atoms with van der Waals surface area (Å²) >= 11 is 0. The lowest BCUT2D eigenvalue weighted by Gasteiger charge is -2.10. The summed E-state index contributed by atoms with van der Waals surface area (Å²) in [7, 11) is 0. The molecule has 0 heterocycles. The molecule has 0 spiro atoms. The van der Waals surface area contributed by atoms with Gasteiger partial charge in [0.25, 0.3) is 0 Å². The molecule has 2 nitrogen and oxygen atoms in total. The Labute approximate surface area is 103 Å². The second-order valence-corrected chi connectivity index (χ2v) is 3.79. The fraction of sp³-hybridized carbons (Fsp3) is 0.500. The first-order valence-corrected chi connectivity index (χ1v) is 5.60. The molecule has 102 valence electrons. The van der Waals surface area contributed by atoms with Crippen LogP contribution in [0.1, 0.15) is 18.9 Å². The fourth-order valence-corrected chi connectivity index (χ4v) is 1.36. The molecule has 0 radical (unpaired) electrons. The van der Waals surface area contributed by atoms with Crippen molar-refractivity contribution in [2.75, 3.05) is 13.2 Å². The van der Waals surface area contributed by atoms with Gasteiger partial charge < -0.3 is 10.1 Å². The largest absolute Gasteiger partial charge is 0.493 e. The molecule has 0 aliphatic heterocycles. The maximum Gasteiger partial charge on any atom is 0.392 e. The van der Waals surface area contributed by atoms with Crippen molar-refractivity contribution in [1.29, 1.82) is 0 Å². The van der Waals surface area contributed by atoms with Crippen LogP contribution in [0.2, 0.25) is 0 Å². The normalized spacial score (nSPS) is 11.6. The summed E-state index contributed by atoms with van der Waals surface area (Å²) in [4.78, 5) is 0. The zero-order valence-corrected chi connectivity index (χ0v) is 9.98. The first kappa shape index (κ1) is 14.8. The highest BCUT2D eigenvalue weighted by atomic mass is 19.4. The second-order valence-electron chi connectivity index (χ2n) is 3.79. The van der Waals surface area contributed by atoms with E-state index in [0.29, 0.717) is 12.1 Å². The van der Waals surface area contributed by atoms with Crippen molar-refractivity contribution in [1.82, 2.24) is 5.32 Å². The minimum atomic E-state index is -4.26. The Kier molecular flexibility index (Phi) is 5.40. The van der Waals surface area contributed by atoms with Gasteiger partial charge in [0.1, 0.15) is 11.6 Å². The van der Waals surface area contributed by atoms with Crippen LogP contribution in [0.3, 0.4) is 0 Å². The van der Waals surface area contributed by atoms with E-state index in [2.05, 4.69) is 5.32 Å². The lowest BCUT2D eigenvalue weighted by Crippen LogP contribution is -2.14. The quantitative estimate of drug-likeness (QED) is 0.797. The Morgan fingerprint density at radius 1 is 1.22 bits per heavy atom. The number of ether oxygens (including phenoxy) is 1. The van der Waals surface area contributed by atoms with Gasteiger partial charge in [0.2, 0.25) is 0 Å². The average Bonchev–Trinajstić information content (AvgIpc) is 2.24. The third-order valence-electron chi connectivity index (χ3n) is 2.16. The van der Waals surface area contributed by atoms with Gasteiger partial charge in [0.05, 0.1) is 13.0 Å². The molecule has 0 fully saturated rings. The first-order valence-electron chi connectivity index (χ1n) is 5.60. The Morgan fingerprint density at radius 3 is 2.56 bits per heavy atom. The summed E-state index contributed by atoms with van der Waals surface area (Å²) in [5.74, 6) is -0.403. The highest BCUT2D eigenvalue weighted by Crippen LogP contribution is 2.21. The van der Waals surface area contributed by atoms with Crippen molar-refractivity contribution in [2.45, 2.75) is 26.1 Å². The highest BCUT2D eigenvalue weighted by Gasteiger charge is 2.26. The summed E-state index contributed by atoms with van der Waals surface area (Å²) in [5.41, 5.74) is 0.638. The molecule has 0 saturated heterocycles. The topological polar surface area (TPSA) is 21.3 Å².